The molecular formula is C17H16N4O3. The highest BCUT2D eigenvalue weighted by Crippen LogP contribution is 2.23. The molecule has 2 aromatic heterocycles. The van der Waals surface area contributed by atoms with Crippen molar-refractivity contribution in [2.24, 2.45) is 0 Å². The normalized spacial score (nSPS) is 10.8. The Morgan fingerprint density at radius 3 is 2.79 bits per heavy atom. The van der Waals surface area contributed by atoms with Crippen LogP contribution in [-0.2, 0) is 6.54 Å². The molecule has 0 saturated carbocycles. The number of hydrogen-bond acceptors (Lipinski definition) is 4. The first-order valence-corrected chi connectivity index (χ1v) is 7.44. The Morgan fingerprint density at radius 2 is 2.04 bits per heavy atom. The van der Waals surface area contributed by atoms with Crippen LogP contribution in [0.2, 0.25) is 0 Å². The van der Waals surface area contributed by atoms with E-state index < -0.39 is 10.8 Å². The van der Waals surface area contributed by atoms with Crippen LogP contribution in [0.15, 0.2) is 42.6 Å². The summed E-state index contributed by atoms with van der Waals surface area (Å²) in [4.78, 5) is 27.5. The van der Waals surface area contributed by atoms with Crippen LogP contribution >= 0.6 is 0 Å². The highest BCUT2D eigenvalue weighted by molar-refractivity contribution is 5.98. The summed E-state index contributed by atoms with van der Waals surface area (Å²) in [5.41, 5.74) is 1.96. The summed E-state index contributed by atoms with van der Waals surface area (Å²) in [7, 11) is 0. The first-order chi connectivity index (χ1) is 11.5. The van der Waals surface area contributed by atoms with Crippen LogP contribution in [-0.4, -0.2) is 20.2 Å². The minimum Gasteiger partial charge on any atom is -0.346 e. The zero-order valence-corrected chi connectivity index (χ0v) is 13.3. The van der Waals surface area contributed by atoms with E-state index in [1.165, 1.54) is 6.07 Å². The molecule has 0 spiro atoms. The van der Waals surface area contributed by atoms with Gasteiger partial charge in [-0.2, -0.15) is 0 Å². The van der Waals surface area contributed by atoms with Gasteiger partial charge in [0.15, 0.2) is 0 Å². The van der Waals surface area contributed by atoms with E-state index in [0.717, 1.165) is 17.0 Å². The van der Waals surface area contributed by atoms with Crippen molar-refractivity contribution in [3.63, 3.8) is 0 Å². The second kappa shape index (κ2) is 6.11. The fourth-order valence-corrected chi connectivity index (χ4v) is 2.74. The number of fused-ring (bicyclic) bond motifs is 1. The van der Waals surface area contributed by atoms with Gasteiger partial charge in [0, 0.05) is 11.8 Å². The van der Waals surface area contributed by atoms with Gasteiger partial charge in [0.2, 0.25) is 0 Å². The van der Waals surface area contributed by atoms with E-state index >= 15 is 0 Å². The van der Waals surface area contributed by atoms with Crippen molar-refractivity contribution < 1.29 is 9.72 Å². The predicted molar refractivity (Wildman–Crippen MR) is 88.9 cm³/mol. The van der Waals surface area contributed by atoms with E-state index in [1.807, 2.05) is 35.7 Å². The summed E-state index contributed by atoms with van der Waals surface area (Å²) < 4.78 is 1.93. The summed E-state index contributed by atoms with van der Waals surface area (Å²) in [6, 6.07) is 10.4. The highest BCUT2D eigenvalue weighted by Gasteiger charge is 2.22. The molecule has 3 rings (SSSR count). The van der Waals surface area contributed by atoms with Gasteiger partial charge in [-0.05, 0) is 32.0 Å². The van der Waals surface area contributed by atoms with Crippen molar-refractivity contribution in [2.75, 3.05) is 0 Å². The maximum atomic E-state index is 12.4. The zero-order valence-electron chi connectivity index (χ0n) is 13.3. The fourth-order valence-electron chi connectivity index (χ4n) is 2.74. The molecule has 3 aromatic rings. The summed E-state index contributed by atoms with van der Waals surface area (Å²) in [6.07, 6.45) is 1.90. The molecular weight excluding hydrogens is 308 g/mol. The molecule has 7 heteroatoms. The molecule has 0 saturated heterocycles. The van der Waals surface area contributed by atoms with Crippen molar-refractivity contribution in [1.29, 1.82) is 0 Å². The minimum absolute atomic E-state index is 0.0558. The molecule has 24 heavy (non-hydrogen) atoms. The quantitative estimate of drug-likeness (QED) is 0.590. The number of aromatic nitrogens is 2. The lowest BCUT2D eigenvalue weighted by atomic mass is 10.1. The summed E-state index contributed by atoms with van der Waals surface area (Å²) in [5.74, 6) is 0.330. The third kappa shape index (κ3) is 2.71. The lowest BCUT2D eigenvalue weighted by Crippen LogP contribution is -2.24. The van der Waals surface area contributed by atoms with Gasteiger partial charge in [-0.25, -0.2) is 4.98 Å². The van der Waals surface area contributed by atoms with Crippen LogP contribution in [0.1, 0.15) is 27.4 Å². The molecule has 7 nitrogen and oxygen atoms in total. The maximum absolute atomic E-state index is 12.4. The number of aryl methyl sites for hydroxylation is 2. The molecule has 122 valence electrons. The lowest BCUT2D eigenvalue weighted by molar-refractivity contribution is -0.385. The minimum atomic E-state index is -0.527. The van der Waals surface area contributed by atoms with Gasteiger partial charge in [0.1, 0.15) is 11.4 Å². The number of para-hydroxylation sites is 1. The first kappa shape index (κ1) is 15.7. The molecule has 1 amide bonds. The number of amides is 1. The van der Waals surface area contributed by atoms with Crippen LogP contribution in [0, 0.1) is 24.0 Å². The second-order valence-corrected chi connectivity index (χ2v) is 5.47. The van der Waals surface area contributed by atoms with Crippen LogP contribution in [0.25, 0.3) is 5.52 Å². The lowest BCUT2D eigenvalue weighted by Gasteiger charge is -2.06. The number of hydrogen-bond donors (Lipinski definition) is 1. The van der Waals surface area contributed by atoms with Gasteiger partial charge < -0.3 is 9.72 Å². The first-order valence-electron chi connectivity index (χ1n) is 7.44. The van der Waals surface area contributed by atoms with Gasteiger partial charge in [-0.3, -0.25) is 14.9 Å². The standard InChI is InChI=1S/C17H16N4O3/c1-11-6-5-7-13(16(11)21(23)24)17(22)18-10-14-15-8-3-4-9-20(15)12(2)19-14/h3-9H,10H2,1-2H3,(H,18,22). The van der Waals surface area contributed by atoms with Crippen LogP contribution < -0.4 is 5.32 Å². The molecule has 2 heterocycles. The second-order valence-electron chi connectivity index (χ2n) is 5.47. The number of rotatable bonds is 4. The Labute approximate surface area is 138 Å². The van der Waals surface area contributed by atoms with E-state index in [9.17, 15) is 14.9 Å². The van der Waals surface area contributed by atoms with Crippen molar-refractivity contribution in [3.05, 3.63) is 75.4 Å². The van der Waals surface area contributed by atoms with Crippen molar-refractivity contribution >= 4 is 17.1 Å². The molecule has 0 atom stereocenters. The van der Waals surface area contributed by atoms with Gasteiger partial charge in [-0.1, -0.05) is 18.2 Å². The Bertz CT molecular complexity index is 946. The van der Waals surface area contributed by atoms with Crippen molar-refractivity contribution in [3.8, 4) is 0 Å². The Balaban J connectivity index is 1.86. The van der Waals surface area contributed by atoms with E-state index in [2.05, 4.69) is 10.3 Å². The number of carbonyl (C=O) groups excluding carboxylic acids is 1. The molecule has 0 aliphatic heterocycles. The molecule has 0 radical (unpaired) electrons. The fraction of sp³-hybridized carbons (Fsp3) is 0.176. The van der Waals surface area contributed by atoms with Gasteiger partial charge in [0.05, 0.1) is 22.7 Å². The molecule has 0 fully saturated rings. The Morgan fingerprint density at radius 1 is 1.25 bits per heavy atom. The average molecular weight is 324 g/mol. The Hall–Kier alpha value is -3.22. The highest BCUT2D eigenvalue weighted by atomic mass is 16.6. The van der Waals surface area contributed by atoms with Crippen molar-refractivity contribution in [1.82, 2.24) is 14.7 Å². The van der Waals surface area contributed by atoms with Crippen molar-refractivity contribution in [2.45, 2.75) is 20.4 Å². The van der Waals surface area contributed by atoms with E-state index in [1.54, 1.807) is 19.1 Å². The third-order valence-electron chi connectivity index (χ3n) is 3.88. The average Bonchev–Trinajstić information content (AvgIpc) is 2.88. The maximum Gasteiger partial charge on any atom is 0.285 e. The van der Waals surface area contributed by atoms with Gasteiger partial charge in [0.25, 0.3) is 11.6 Å². The van der Waals surface area contributed by atoms with E-state index in [-0.39, 0.29) is 17.8 Å². The molecule has 1 aromatic carbocycles. The number of carbonyl (C=O) groups is 1. The third-order valence-corrected chi connectivity index (χ3v) is 3.88. The zero-order chi connectivity index (χ0) is 17.3. The molecule has 0 unspecified atom stereocenters. The molecule has 0 aliphatic carbocycles. The monoisotopic (exact) mass is 324 g/mol. The number of nitro groups is 1. The number of benzene rings is 1. The van der Waals surface area contributed by atoms with Crippen LogP contribution in [0.4, 0.5) is 5.69 Å². The molecule has 1 N–H and O–H groups in total. The number of nitrogens with one attached hydrogen (secondary N) is 1. The summed E-state index contributed by atoms with van der Waals surface area (Å²) >= 11 is 0. The van der Waals surface area contributed by atoms with Gasteiger partial charge in [-0.15, -0.1) is 0 Å². The van der Waals surface area contributed by atoms with Gasteiger partial charge >= 0.3 is 0 Å². The molecule has 0 aliphatic rings. The summed E-state index contributed by atoms with van der Waals surface area (Å²) in [5, 5.41) is 13.9. The largest absolute Gasteiger partial charge is 0.346 e. The number of nitro benzene ring substituents is 1. The predicted octanol–water partition coefficient (Wildman–Crippen LogP) is 2.79. The van der Waals surface area contributed by atoms with Crippen LogP contribution in [0.3, 0.4) is 0 Å². The summed E-state index contributed by atoms with van der Waals surface area (Å²) in [6.45, 7) is 3.69. The topological polar surface area (TPSA) is 89.5 Å². The Kier molecular flexibility index (Phi) is 3.99. The molecule has 0 bridgehead atoms. The smallest absolute Gasteiger partial charge is 0.285 e. The van der Waals surface area contributed by atoms with E-state index in [0.29, 0.717) is 5.56 Å². The van der Waals surface area contributed by atoms with E-state index in [4.69, 9.17) is 0 Å². The SMILES string of the molecule is Cc1cccc(C(=O)NCc2nc(C)n3ccccc23)c1[N+](=O)[O-]. The number of pyridine rings is 1. The van der Waals surface area contributed by atoms with Crippen LogP contribution in [0.5, 0.6) is 0 Å². The number of nitrogens with zero attached hydrogens (tertiary/aromatic N) is 3. The number of imidazole rings is 1.